The predicted molar refractivity (Wildman–Crippen MR) is 130 cm³/mol. The lowest BCUT2D eigenvalue weighted by molar-refractivity contribution is -0.111. The van der Waals surface area contributed by atoms with Crippen LogP contribution in [0.1, 0.15) is 16.7 Å². The van der Waals surface area contributed by atoms with Crippen LogP contribution < -0.4 is 19.5 Å². The highest BCUT2D eigenvalue weighted by Crippen LogP contribution is 2.31. The Morgan fingerprint density at radius 3 is 2.83 bits per heavy atom. The Morgan fingerprint density at radius 2 is 2.03 bits per heavy atom. The van der Waals surface area contributed by atoms with Crippen molar-refractivity contribution in [3.8, 4) is 29.1 Å². The Labute approximate surface area is 201 Å². The van der Waals surface area contributed by atoms with Crippen LogP contribution >= 0.6 is 0 Å². The topological polar surface area (TPSA) is 111 Å². The standard InChI is InChI=1S/C26H21N5O4/c1-16-12-23(29-25-19(16)4-3-5-21(25)33-2)31-26(18(14-27)15-28-31)30-24(32)9-7-17-6-8-20-22(13-17)35-11-10-34-20/h3-9,12-13,15H,10-11H2,1-2H3,(H,30,32)/b9-7-. The third-order valence-electron chi connectivity index (χ3n) is 5.56. The van der Waals surface area contributed by atoms with E-state index in [0.717, 1.165) is 16.5 Å². The number of anilines is 1. The first kappa shape index (κ1) is 22.0. The molecule has 2 aromatic carbocycles. The van der Waals surface area contributed by atoms with Crippen LogP contribution in [-0.4, -0.2) is 41.0 Å². The molecule has 1 aliphatic heterocycles. The smallest absolute Gasteiger partial charge is 0.249 e. The minimum absolute atomic E-state index is 0.214. The maximum atomic E-state index is 12.8. The van der Waals surface area contributed by atoms with Crippen molar-refractivity contribution in [3.05, 3.63) is 71.4 Å². The van der Waals surface area contributed by atoms with Crippen LogP contribution in [0.15, 0.2) is 54.7 Å². The number of pyridine rings is 1. The molecule has 0 spiro atoms. The quantitative estimate of drug-likeness (QED) is 0.441. The van der Waals surface area contributed by atoms with Crippen molar-refractivity contribution in [3.63, 3.8) is 0 Å². The molecule has 5 rings (SSSR count). The number of para-hydroxylation sites is 1. The number of aryl methyl sites for hydroxylation is 1. The molecule has 174 valence electrons. The van der Waals surface area contributed by atoms with Crippen LogP contribution in [0.2, 0.25) is 0 Å². The predicted octanol–water partition coefficient (Wildman–Crippen LogP) is 4.03. The van der Waals surface area contributed by atoms with E-state index in [1.165, 1.54) is 17.0 Å². The van der Waals surface area contributed by atoms with Gasteiger partial charge in [-0.25, -0.2) is 4.98 Å². The van der Waals surface area contributed by atoms with Gasteiger partial charge in [-0.15, -0.1) is 0 Å². The van der Waals surface area contributed by atoms with Crippen LogP contribution in [0.5, 0.6) is 17.2 Å². The fraction of sp³-hybridized carbons (Fsp3) is 0.154. The van der Waals surface area contributed by atoms with Gasteiger partial charge in [0, 0.05) is 11.5 Å². The van der Waals surface area contributed by atoms with E-state index in [-0.39, 0.29) is 11.4 Å². The van der Waals surface area contributed by atoms with Gasteiger partial charge < -0.3 is 19.5 Å². The summed E-state index contributed by atoms with van der Waals surface area (Å²) in [4.78, 5) is 17.5. The first-order valence-corrected chi connectivity index (χ1v) is 10.9. The van der Waals surface area contributed by atoms with Gasteiger partial charge in [-0.1, -0.05) is 18.2 Å². The number of nitrogens with zero attached hydrogens (tertiary/aromatic N) is 4. The van der Waals surface area contributed by atoms with E-state index in [4.69, 9.17) is 19.2 Å². The Balaban J connectivity index is 1.45. The number of fused-ring (bicyclic) bond motifs is 2. The van der Waals surface area contributed by atoms with Gasteiger partial charge in [0.1, 0.15) is 36.1 Å². The van der Waals surface area contributed by atoms with E-state index < -0.39 is 5.91 Å². The molecule has 0 unspecified atom stereocenters. The molecule has 0 saturated heterocycles. The molecule has 0 radical (unpaired) electrons. The lowest BCUT2D eigenvalue weighted by Crippen LogP contribution is -2.15. The first-order valence-electron chi connectivity index (χ1n) is 10.9. The summed E-state index contributed by atoms with van der Waals surface area (Å²) >= 11 is 0. The van der Waals surface area contributed by atoms with Gasteiger partial charge in [-0.3, -0.25) is 4.79 Å². The summed E-state index contributed by atoms with van der Waals surface area (Å²) < 4.78 is 18.0. The van der Waals surface area contributed by atoms with Crippen molar-refractivity contribution >= 4 is 28.7 Å². The molecular formula is C26H21N5O4. The van der Waals surface area contributed by atoms with Gasteiger partial charge in [0.2, 0.25) is 5.91 Å². The largest absolute Gasteiger partial charge is 0.494 e. The van der Waals surface area contributed by atoms with E-state index in [0.29, 0.717) is 41.8 Å². The highest BCUT2D eigenvalue weighted by atomic mass is 16.6. The summed E-state index contributed by atoms with van der Waals surface area (Å²) in [7, 11) is 1.58. The molecule has 4 aromatic rings. The molecule has 0 atom stereocenters. The summed E-state index contributed by atoms with van der Waals surface area (Å²) in [5.41, 5.74) is 2.60. The molecule has 0 fully saturated rings. The fourth-order valence-corrected chi connectivity index (χ4v) is 3.87. The second-order valence-electron chi connectivity index (χ2n) is 7.81. The molecule has 0 saturated carbocycles. The van der Waals surface area contributed by atoms with Crippen molar-refractivity contribution < 1.29 is 19.0 Å². The average molecular weight is 467 g/mol. The molecule has 9 heteroatoms. The number of hydrogen-bond acceptors (Lipinski definition) is 7. The number of aromatic nitrogens is 3. The second-order valence-corrected chi connectivity index (χ2v) is 7.81. The van der Waals surface area contributed by atoms with Crippen LogP contribution in [-0.2, 0) is 4.79 Å². The van der Waals surface area contributed by atoms with Crippen LogP contribution in [0.3, 0.4) is 0 Å². The normalized spacial score (nSPS) is 12.5. The zero-order chi connectivity index (χ0) is 24.4. The van der Waals surface area contributed by atoms with Crippen molar-refractivity contribution in [2.24, 2.45) is 0 Å². The lowest BCUT2D eigenvalue weighted by atomic mass is 10.1. The molecule has 9 nitrogen and oxygen atoms in total. The first-order chi connectivity index (χ1) is 17.1. The van der Waals surface area contributed by atoms with Crippen molar-refractivity contribution in [2.45, 2.75) is 6.92 Å². The SMILES string of the molecule is COc1cccc2c(C)cc(-n3ncc(C#N)c3NC(=O)/C=C\c3ccc4c(c3)OCCO4)nc12. The van der Waals surface area contributed by atoms with Gasteiger partial charge in [0.05, 0.1) is 13.3 Å². The van der Waals surface area contributed by atoms with E-state index >= 15 is 0 Å². The fourth-order valence-electron chi connectivity index (χ4n) is 3.87. The lowest BCUT2D eigenvalue weighted by Gasteiger charge is -2.18. The number of ether oxygens (including phenoxy) is 3. The zero-order valence-corrected chi connectivity index (χ0v) is 19.1. The minimum atomic E-state index is -0.423. The van der Waals surface area contributed by atoms with Gasteiger partial charge >= 0.3 is 0 Å². The molecule has 1 amide bonds. The highest BCUT2D eigenvalue weighted by Gasteiger charge is 2.17. The number of nitriles is 1. The van der Waals surface area contributed by atoms with Crippen molar-refractivity contribution in [1.29, 1.82) is 5.26 Å². The molecule has 2 aromatic heterocycles. The summed E-state index contributed by atoms with van der Waals surface area (Å²) in [5.74, 6) is 2.19. The van der Waals surface area contributed by atoms with Crippen molar-refractivity contribution in [1.82, 2.24) is 14.8 Å². The van der Waals surface area contributed by atoms with Gasteiger partial charge in [-0.2, -0.15) is 15.0 Å². The number of carbonyl (C=O) groups excluding carboxylic acids is 1. The summed E-state index contributed by atoms with van der Waals surface area (Å²) in [6.45, 7) is 2.95. The zero-order valence-electron chi connectivity index (χ0n) is 19.1. The van der Waals surface area contributed by atoms with Crippen molar-refractivity contribution in [2.75, 3.05) is 25.6 Å². The Morgan fingerprint density at radius 1 is 1.20 bits per heavy atom. The number of rotatable bonds is 5. The third kappa shape index (κ3) is 4.25. The number of nitrogens with one attached hydrogen (secondary N) is 1. The number of amides is 1. The maximum absolute atomic E-state index is 12.8. The number of methoxy groups -OCH3 is 1. The number of carbonyl (C=O) groups is 1. The number of benzene rings is 2. The highest BCUT2D eigenvalue weighted by molar-refractivity contribution is 6.02. The third-order valence-corrected chi connectivity index (χ3v) is 5.56. The van der Waals surface area contributed by atoms with Crippen LogP contribution in [0.25, 0.3) is 22.8 Å². The van der Waals surface area contributed by atoms with Gasteiger partial charge in [0.15, 0.2) is 23.1 Å². The Hall–Kier alpha value is -4.84. The Kier molecular flexibility index (Phi) is 5.77. The van der Waals surface area contributed by atoms with Gasteiger partial charge in [0.25, 0.3) is 0 Å². The molecule has 35 heavy (non-hydrogen) atoms. The van der Waals surface area contributed by atoms with Crippen LogP contribution in [0, 0.1) is 18.3 Å². The second kappa shape index (κ2) is 9.19. The molecule has 1 N–H and O–H groups in total. The molecule has 0 bridgehead atoms. The molecule has 0 aliphatic carbocycles. The monoisotopic (exact) mass is 467 g/mol. The van der Waals surface area contributed by atoms with Crippen LogP contribution in [0.4, 0.5) is 5.82 Å². The molecular weight excluding hydrogens is 446 g/mol. The maximum Gasteiger partial charge on any atom is 0.249 e. The van der Waals surface area contributed by atoms with E-state index in [2.05, 4.69) is 16.5 Å². The number of hydrogen-bond donors (Lipinski definition) is 1. The Bertz CT molecular complexity index is 1520. The average Bonchev–Trinajstić information content (AvgIpc) is 3.29. The summed E-state index contributed by atoms with van der Waals surface area (Å²) in [6.07, 6.45) is 4.43. The summed E-state index contributed by atoms with van der Waals surface area (Å²) in [6, 6.07) is 15.0. The van der Waals surface area contributed by atoms with E-state index in [9.17, 15) is 10.1 Å². The molecule has 1 aliphatic rings. The molecule has 3 heterocycles. The minimum Gasteiger partial charge on any atom is -0.494 e. The van der Waals surface area contributed by atoms with E-state index in [1.807, 2.05) is 37.3 Å². The van der Waals surface area contributed by atoms with Gasteiger partial charge in [-0.05, 0) is 48.4 Å². The summed E-state index contributed by atoms with van der Waals surface area (Å²) in [5, 5.41) is 17.6. The van der Waals surface area contributed by atoms with E-state index in [1.54, 1.807) is 25.3 Å².